The van der Waals surface area contributed by atoms with E-state index in [-0.39, 0.29) is 41.8 Å². The second-order valence-electron chi connectivity index (χ2n) is 16.9. The molecule has 298 valence electrons. The van der Waals surface area contributed by atoms with Crippen LogP contribution in [0.5, 0.6) is 0 Å². The molecule has 0 atom stereocenters. The van der Waals surface area contributed by atoms with E-state index in [0.29, 0.717) is 33.0 Å². The number of nitrogens with zero attached hydrogens (tertiary/aromatic N) is 1. The van der Waals surface area contributed by atoms with Gasteiger partial charge < -0.3 is 5.32 Å². The molecule has 61 heavy (non-hydrogen) atoms. The highest BCUT2D eigenvalue weighted by molar-refractivity contribution is 6.42. The van der Waals surface area contributed by atoms with E-state index in [0.717, 1.165) is 71.4 Å². The fourth-order valence-corrected chi connectivity index (χ4v) is 9.74. The van der Waals surface area contributed by atoms with E-state index in [2.05, 4.69) is 81.5 Å². The minimum atomic E-state index is -0.242. The van der Waals surface area contributed by atoms with E-state index in [1.165, 1.54) is 15.7 Å². The van der Waals surface area contributed by atoms with Crippen molar-refractivity contribution >= 4 is 95.2 Å². The SMILES string of the molecule is CC(C)c1cccc(C(C)C)c1N1C(=O)c2ccc3c4cccc5cccc(c6ccc(c2c36)C1=O)c54.Cc1ccc(C2=C3C(=O)CC(c4ccc(Cl)cc4)=C3C(=O)N2)cc1. The number of ketones is 1. The number of aryl methyl sites for hydroxylation is 1. The lowest BCUT2D eigenvalue weighted by Crippen LogP contribution is -2.41. The molecule has 1 N–H and O–H groups in total. The Morgan fingerprint density at radius 3 is 1.64 bits per heavy atom. The Morgan fingerprint density at radius 1 is 0.557 bits per heavy atom. The van der Waals surface area contributed by atoms with Gasteiger partial charge in [0.05, 0.1) is 22.5 Å². The van der Waals surface area contributed by atoms with Crippen LogP contribution in [0, 0.1) is 6.92 Å². The number of imide groups is 1. The highest BCUT2D eigenvalue weighted by Crippen LogP contribution is 2.46. The third kappa shape index (κ3) is 5.92. The summed E-state index contributed by atoms with van der Waals surface area (Å²) >= 11 is 5.93. The van der Waals surface area contributed by atoms with Gasteiger partial charge in [-0.2, -0.15) is 0 Å². The van der Waals surface area contributed by atoms with Crippen molar-refractivity contribution in [1.29, 1.82) is 0 Å². The van der Waals surface area contributed by atoms with Gasteiger partial charge in [-0.1, -0.05) is 148 Å². The number of Topliss-reactive ketones (excluding diaryl/α,β-unsaturated/α-hetero) is 1. The molecule has 2 heterocycles. The first-order valence-corrected chi connectivity index (χ1v) is 21.1. The van der Waals surface area contributed by atoms with Gasteiger partial charge in [-0.25, -0.2) is 4.90 Å². The monoisotopic (exact) mass is 816 g/mol. The van der Waals surface area contributed by atoms with Gasteiger partial charge in [-0.3, -0.25) is 19.2 Å². The first-order valence-electron chi connectivity index (χ1n) is 20.7. The Kier molecular flexibility index (Phi) is 9.04. The average Bonchev–Trinajstić information content (AvgIpc) is 3.79. The molecule has 0 saturated heterocycles. The maximum absolute atomic E-state index is 14.2. The summed E-state index contributed by atoms with van der Waals surface area (Å²) in [5.41, 5.74) is 9.19. The van der Waals surface area contributed by atoms with Gasteiger partial charge in [0.25, 0.3) is 17.7 Å². The maximum Gasteiger partial charge on any atom is 0.266 e. The minimum absolute atomic E-state index is 0.0242. The number of amides is 3. The number of hydrogen-bond donors (Lipinski definition) is 1. The molecule has 6 nitrogen and oxygen atoms in total. The molecule has 11 rings (SSSR count). The van der Waals surface area contributed by atoms with Crippen molar-refractivity contribution in [3.63, 3.8) is 0 Å². The summed E-state index contributed by atoms with van der Waals surface area (Å²) in [7, 11) is 0. The van der Waals surface area contributed by atoms with Crippen LogP contribution in [0.15, 0.2) is 139 Å². The smallest absolute Gasteiger partial charge is 0.266 e. The number of fused-ring (bicyclic) bond motifs is 3. The maximum atomic E-state index is 14.2. The van der Waals surface area contributed by atoms with Crippen molar-refractivity contribution in [3.05, 3.63) is 183 Å². The summed E-state index contributed by atoms with van der Waals surface area (Å²) in [5, 5.41) is 12.2. The fourth-order valence-electron chi connectivity index (χ4n) is 9.61. The van der Waals surface area contributed by atoms with Crippen LogP contribution in [0.25, 0.3) is 54.4 Å². The summed E-state index contributed by atoms with van der Waals surface area (Å²) in [5.74, 6) is -0.382. The molecular weight excluding hydrogens is 776 g/mol. The van der Waals surface area contributed by atoms with Crippen LogP contribution >= 0.6 is 11.6 Å². The van der Waals surface area contributed by atoms with Gasteiger partial charge in [0, 0.05) is 28.0 Å². The fraction of sp³-hybridized carbons (Fsp3) is 0.148. The van der Waals surface area contributed by atoms with Gasteiger partial charge >= 0.3 is 0 Å². The van der Waals surface area contributed by atoms with Crippen molar-refractivity contribution < 1.29 is 19.2 Å². The second-order valence-corrected chi connectivity index (χ2v) is 17.3. The van der Waals surface area contributed by atoms with Crippen molar-refractivity contribution in [1.82, 2.24) is 5.32 Å². The molecule has 2 aliphatic heterocycles. The number of allylic oxidation sites excluding steroid dienone is 1. The molecule has 7 heteroatoms. The zero-order chi connectivity index (χ0) is 42.4. The zero-order valence-corrected chi connectivity index (χ0v) is 35.2. The average molecular weight is 817 g/mol. The number of benzene rings is 8. The standard InChI is InChI=1S/C34H27NO2.C20H14ClNO2/c1-18(2)21-10-7-11-22(19(3)4)32(21)35-33(36)27-16-14-25-23-12-5-8-20-9-6-13-24(29(20)23)26-15-17-28(34(35)37)31(27)30(25)26;1-11-2-4-13(5-3-11)19-18-16(23)10-15(17(18)20(24)22-19)12-6-8-14(21)9-7-12/h5-19H,1-4H3;2-9H,10H2,1H3,(H,22,24). The number of nitrogens with one attached hydrogen (secondary N) is 1. The largest absolute Gasteiger partial charge is 0.321 e. The highest BCUT2D eigenvalue weighted by Gasteiger charge is 2.41. The number of carbonyl (C=O) groups is 4. The van der Waals surface area contributed by atoms with Crippen LogP contribution in [-0.2, 0) is 9.59 Å². The number of carbonyl (C=O) groups excluding carboxylic acids is 4. The normalized spacial score (nSPS) is 15.0. The lowest BCUT2D eigenvalue weighted by atomic mass is 9.84. The number of halogens is 1. The predicted molar refractivity (Wildman–Crippen MR) is 248 cm³/mol. The summed E-state index contributed by atoms with van der Waals surface area (Å²) in [6.45, 7) is 10.4. The molecule has 1 aliphatic carbocycles. The highest BCUT2D eigenvalue weighted by atomic mass is 35.5. The van der Waals surface area contributed by atoms with Crippen molar-refractivity contribution in [3.8, 4) is 0 Å². The molecule has 8 aromatic carbocycles. The van der Waals surface area contributed by atoms with Gasteiger partial charge in [-0.05, 0) is 109 Å². The van der Waals surface area contributed by atoms with E-state index >= 15 is 0 Å². The van der Waals surface area contributed by atoms with Crippen LogP contribution in [0.1, 0.15) is 94.5 Å². The lowest BCUT2D eigenvalue weighted by molar-refractivity contribution is -0.116. The third-order valence-electron chi connectivity index (χ3n) is 12.5. The van der Waals surface area contributed by atoms with Gasteiger partial charge in [0.15, 0.2) is 5.78 Å². The molecule has 0 bridgehead atoms. The Balaban J connectivity index is 0.000000160. The molecule has 0 spiro atoms. The molecule has 0 radical (unpaired) electrons. The predicted octanol–water partition coefficient (Wildman–Crippen LogP) is 12.7. The van der Waals surface area contributed by atoms with Crippen LogP contribution < -0.4 is 10.2 Å². The van der Waals surface area contributed by atoms with E-state index in [9.17, 15) is 19.2 Å². The van der Waals surface area contributed by atoms with E-state index < -0.39 is 0 Å². The molecule has 8 aromatic rings. The number of anilines is 1. The van der Waals surface area contributed by atoms with Crippen molar-refractivity contribution in [2.24, 2.45) is 0 Å². The first-order chi connectivity index (χ1) is 29.4. The molecule has 3 amide bonds. The van der Waals surface area contributed by atoms with Crippen LogP contribution in [-0.4, -0.2) is 23.5 Å². The lowest BCUT2D eigenvalue weighted by Gasteiger charge is -2.32. The second kappa shape index (κ2) is 14.4. The van der Waals surface area contributed by atoms with Crippen LogP contribution in [0.4, 0.5) is 5.69 Å². The molecular formula is C54H41ClN2O4. The van der Waals surface area contributed by atoms with E-state index in [1.807, 2.05) is 73.7 Å². The van der Waals surface area contributed by atoms with E-state index in [1.54, 1.807) is 12.1 Å². The minimum Gasteiger partial charge on any atom is -0.321 e. The zero-order valence-electron chi connectivity index (χ0n) is 34.4. The Bertz CT molecular complexity index is 3080. The topological polar surface area (TPSA) is 83.6 Å². The van der Waals surface area contributed by atoms with Crippen molar-refractivity contribution in [2.45, 2.75) is 52.9 Å². The summed E-state index contributed by atoms with van der Waals surface area (Å²) in [6, 6.07) is 41.8. The van der Waals surface area contributed by atoms with E-state index in [4.69, 9.17) is 11.6 Å². The molecule has 3 aliphatic rings. The third-order valence-corrected chi connectivity index (χ3v) is 12.7. The number of rotatable bonds is 5. The number of para-hydroxylation sites is 1. The van der Waals surface area contributed by atoms with Crippen LogP contribution in [0.2, 0.25) is 5.02 Å². The Hall–Kier alpha value is -6.89. The van der Waals surface area contributed by atoms with Gasteiger partial charge in [0.1, 0.15) is 0 Å². The molecule has 0 aromatic heterocycles. The first kappa shape index (κ1) is 38.3. The summed E-state index contributed by atoms with van der Waals surface area (Å²) in [6.07, 6.45) is 0.245. The quantitative estimate of drug-likeness (QED) is 0.107. The molecule has 0 fully saturated rings. The van der Waals surface area contributed by atoms with Gasteiger partial charge in [-0.15, -0.1) is 0 Å². The van der Waals surface area contributed by atoms with Crippen molar-refractivity contribution in [2.75, 3.05) is 4.90 Å². The number of hydrogen-bond acceptors (Lipinski definition) is 4. The van der Waals surface area contributed by atoms with Crippen LogP contribution in [0.3, 0.4) is 0 Å². The Morgan fingerprint density at radius 2 is 1.08 bits per heavy atom. The van der Waals surface area contributed by atoms with Gasteiger partial charge in [0.2, 0.25) is 0 Å². The summed E-state index contributed by atoms with van der Waals surface area (Å²) in [4.78, 5) is 55.0. The Labute approximate surface area is 358 Å². The molecule has 0 saturated carbocycles. The molecule has 0 unspecified atom stereocenters. The summed E-state index contributed by atoms with van der Waals surface area (Å²) < 4.78 is 0.